The van der Waals surface area contributed by atoms with Crippen molar-refractivity contribution in [2.75, 3.05) is 0 Å². The summed E-state index contributed by atoms with van der Waals surface area (Å²) >= 11 is 0. The molecule has 3 aromatic rings. The van der Waals surface area contributed by atoms with Gasteiger partial charge in [0, 0.05) is 5.56 Å². The zero-order valence-corrected chi connectivity index (χ0v) is 12.9. The van der Waals surface area contributed by atoms with Gasteiger partial charge in [-0.2, -0.15) is 4.98 Å². The minimum absolute atomic E-state index is 0.114. The maximum atomic E-state index is 11.0. The smallest absolute Gasteiger partial charge is 0.264 e. The lowest BCUT2D eigenvalue weighted by atomic mass is 10.1. The number of aromatic nitrogens is 2. The van der Waals surface area contributed by atoms with Crippen molar-refractivity contribution in [1.82, 2.24) is 10.1 Å². The van der Waals surface area contributed by atoms with E-state index in [0.29, 0.717) is 23.0 Å². The number of ether oxygens (including phenoxy) is 1. The molecule has 0 atom stereocenters. The van der Waals surface area contributed by atoms with Crippen molar-refractivity contribution in [3.05, 3.63) is 65.0 Å². The van der Waals surface area contributed by atoms with Crippen molar-refractivity contribution >= 4 is 6.29 Å². The molecule has 0 saturated heterocycles. The number of aryl methyl sites for hydroxylation is 2. The highest BCUT2D eigenvalue weighted by atomic mass is 16.5. The van der Waals surface area contributed by atoms with E-state index in [1.165, 1.54) is 0 Å². The van der Waals surface area contributed by atoms with E-state index < -0.39 is 0 Å². The van der Waals surface area contributed by atoms with Gasteiger partial charge in [-0.15, -0.1) is 0 Å². The Kier molecular flexibility index (Phi) is 4.19. The first kappa shape index (κ1) is 15.0. The van der Waals surface area contributed by atoms with Gasteiger partial charge in [-0.3, -0.25) is 4.79 Å². The molecule has 23 heavy (non-hydrogen) atoms. The van der Waals surface area contributed by atoms with Gasteiger partial charge in [-0.25, -0.2) is 0 Å². The monoisotopic (exact) mass is 308 g/mol. The summed E-state index contributed by atoms with van der Waals surface area (Å²) < 4.78 is 10.8. The summed E-state index contributed by atoms with van der Waals surface area (Å²) in [4.78, 5) is 15.3. The Morgan fingerprint density at radius 1 is 1.17 bits per heavy atom. The van der Waals surface area contributed by atoms with Gasteiger partial charge in [0.05, 0.1) is 5.56 Å². The van der Waals surface area contributed by atoms with Crippen LogP contribution in [-0.4, -0.2) is 16.4 Å². The molecular weight excluding hydrogens is 292 g/mol. The summed E-state index contributed by atoms with van der Waals surface area (Å²) in [6, 6.07) is 13.1. The zero-order chi connectivity index (χ0) is 16.2. The van der Waals surface area contributed by atoms with Crippen LogP contribution in [0.15, 0.2) is 47.0 Å². The minimum Gasteiger partial charge on any atom is -0.483 e. The topological polar surface area (TPSA) is 65.2 Å². The summed E-state index contributed by atoms with van der Waals surface area (Å²) in [6.45, 7) is 4.13. The van der Waals surface area contributed by atoms with Crippen LogP contribution in [-0.2, 0) is 6.61 Å². The second-order valence-corrected chi connectivity index (χ2v) is 5.27. The molecule has 3 rings (SSSR count). The largest absolute Gasteiger partial charge is 0.483 e. The third-order valence-corrected chi connectivity index (χ3v) is 3.50. The second-order valence-electron chi connectivity index (χ2n) is 5.27. The van der Waals surface area contributed by atoms with Crippen molar-refractivity contribution in [1.29, 1.82) is 0 Å². The summed E-state index contributed by atoms with van der Waals surface area (Å²) in [5, 5.41) is 4.01. The number of aldehydes is 1. The van der Waals surface area contributed by atoms with Crippen molar-refractivity contribution in [3.8, 4) is 17.1 Å². The summed E-state index contributed by atoms with van der Waals surface area (Å²) in [6.07, 6.45) is 0.755. The third kappa shape index (κ3) is 3.29. The molecule has 0 unspecified atom stereocenters. The zero-order valence-electron chi connectivity index (χ0n) is 12.9. The fraction of sp³-hybridized carbons (Fsp3) is 0.167. The lowest BCUT2D eigenvalue weighted by Crippen LogP contribution is -1.98. The lowest BCUT2D eigenvalue weighted by molar-refractivity contribution is 0.111. The number of hydrogen-bond acceptors (Lipinski definition) is 5. The van der Waals surface area contributed by atoms with Crippen LogP contribution in [0.1, 0.15) is 27.4 Å². The normalized spacial score (nSPS) is 10.5. The van der Waals surface area contributed by atoms with Crippen LogP contribution in [0.5, 0.6) is 5.75 Å². The van der Waals surface area contributed by atoms with Crippen LogP contribution in [0, 0.1) is 13.8 Å². The Bertz CT molecular complexity index is 840. The molecule has 1 aromatic heterocycles. The lowest BCUT2D eigenvalue weighted by Gasteiger charge is -2.04. The molecule has 2 aromatic carbocycles. The van der Waals surface area contributed by atoms with Gasteiger partial charge in [0.25, 0.3) is 5.89 Å². The standard InChI is InChI=1S/C18H16N2O3/c1-12-7-8-13(2)15(9-12)18-19-17(23-20-18)11-22-16-6-4-3-5-14(16)10-21/h3-10H,11H2,1-2H3. The summed E-state index contributed by atoms with van der Waals surface area (Å²) in [7, 11) is 0. The fourth-order valence-corrected chi connectivity index (χ4v) is 2.25. The van der Waals surface area contributed by atoms with E-state index in [2.05, 4.69) is 10.1 Å². The van der Waals surface area contributed by atoms with Gasteiger partial charge in [0.1, 0.15) is 5.75 Å². The fourth-order valence-electron chi connectivity index (χ4n) is 2.25. The predicted molar refractivity (Wildman–Crippen MR) is 85.4 cm³/mol. The van der Waals surface area contributed by atoms with E-state index in [0.717, 1.165) is 23.0 Å². The van der Waals surface area contributed by atoms with Crippen molar-refractivity contribution in [2.45, 2.75) is 20.5 Å². The van der Waals surface area contributed by atoms with E-state index in [4.69, 9.17) is 9.26 Å². The van der Waals surface area contributed by atoms with E-state index in [1.54, 1.807) is 24.3 Å². The van der Waals surface area contributed by atoms with Gasteiger partial charge < -0.3 is 9.26 Å². The first-order valence-corrected chi connectivity index (χ1v) is 7.24. The number of hydrogen-bond donors (Lipinski definition) is 0. The van der Waals surface area contributed by atoms with Gasteiger partial charge >= 0.3 is 0 Å². The molecule has 5 heteroatoms. The van der Waals surface area contributed by atoms with Crippen LogP contribution in [0.3, 0.4) is 0 Å². The maximum absolute atomic E-state index is 11.0. The number of benzene rings is 2. The number of para-hydroxylation sites is 1. The highest BCUT2D eigenvalue weighted by molar-refractivity contribution is 5.79. The molecule has 0 N–H and O–H groups in total. The number of rotatable bonds is 5. The van der Waals surface area contributed by atoms with Crippen molar-refractivity contribution in [2.24, 2.45) is 0 Å². The Hall–Kier alpha value is -2.95. The van der Waals surface area contributed by atoms with E-state index >= 15 is 0 Å². The Morgan fingerprint density at radius 3 is 2.83 bits per heavy atom. The molecule has 0 fully saturated rings. The van der Waals surface area contributed by atoms with Crippen LogP contribution in [0.2, 0.25) is 0 Å². The Balaban J connectivity index is 1.77. The average molecular weight is 308 g/mol. The van der Waals surface area contributed by atoms with Crippen LogP contribution < -0.4 is 4.74 Å². The van der Waals surface area contributed by atoms with E-state index in [-0.39, 0.29) is 6.61 Å². The molecule has 0 spiro atoms. The third-order valence-electron chi connectivity index (χ3n) is 3.50. The Labute approximate surface area is 133 Å². The number of carbonyl (C=O) groups excluding carboxylic acids is 1. The minimum atomic E-state index is 0.114. The van der Waals surface area contributed by atoms with Crippen LogP contribution >= 0.6 is 0 Å². The highest BCUT2D eigenvalue weighted by Gasteiger charge is 2.12. The first-order chi connectivity index (χ1) is 11.2. The molecule has 0 bridgehead atoms. The number of carbonyl (C=O) groups is 1. The van der Waals surface area contributed by atoms with Crippen molar-refractivity contribution in [3.63, 3.8) is 0 Å². The SMILES string of the molecule is Cc1ccc(C)c(-c2noc(COc3ccccc3C=O)n2)c1. The Morgan fingerprint density at radius 2 is 2.00 bits per heavy atom. The molecule has 1 heterocycles. The van der Waals surface area contributed by atoms with E-state index in [1.807, 2.05) is 32.0 Å². The molecular formula is C18H16N2O3. The summed E-state index contributed by atoms with van der Waals surface area (Å²) in [5.74, 6) is 1.39. The molecule has 0 aliphatic heterocycles. The highest BCUT2D eigenvalue weighted by Crippen LogP contribution is 2.22. The van der Waals surface area contributed by atoms with Gasteiger partial charge in [0.2, 0.25) is 5.82 Å². The average Bonchev–Trinajstić information content (AvgIpc) is 3.04. The molecule has 0 saturated carbocycles. The van der Waals surface area contributed by atoms with Crippen LogP contribution in [0.25, 0.3) is 11.4 Å². The van der Waals surface area contributed by atoms with Crippen LogP contribution in [0.4, 0.5) is 0 Å². The molecule has 0 aliphatic carbocycles. The molecule has 0 aliphatic rings. The van der Waals surface area contributed by atoms with Gasteiger partial charge in [-0.05, 0) is 37.6 Å². The first-order valence-electron chi connectivity index (χ1n) is 7.24. The van der Waals surface area contributed by atoms with Gasteiger partial charge in [0.15, 0.2) is 12.9 Å². The number of nitrogens with zero attached hydrogens (tertiary/aromatic N) is 2. The predicted octanol–water partition coefficient (Wildman–Crippen LogP) is 3.74. The van der Waals surface area contributed by atoms with Gasteiger partial charge in [-0.1, -0.05) is 35.0 Å². The quantitative estimate of drug-likeness (QED) is 0.672. The molecule has 0 radical (unpaired) electrons. The molecule has 0 amide bonds. The molecule has 5 nitrogen and oxygen atoms in total. The van der Waals surface area contributed by atoms with Crippen molar-refractivity contribution < 1.29 is 14.1 Å². The van der Waals surface area contributed by atoms with E-state index in [9.17, 15) is 4.79 Å². The summed E-state index contributed by atoms with van der Waals surface area (Å²) in [5.41, 5.74) is 3.64. The molecule has 116 valence electrons. The maximum Gasteiger partial charge on any atom is 0.264 e. The second kappa shape index (κ2) is 6.44.